The van der Waals surface area contributed by atoms with Crippen molar-refractivity contribution in [3.63, 3.8) is 0 Å². The van der Waals surface area contributed by atoms with E-state index in [1.165, 1.54) is 12.1 Å². The molecule has 0 saturated carbocycles. The largest absolute Gasteiger partial charge is 0.399 e. The summed E-state index contributed by atoms with van der Waals surface area (Å²) in [5.74, 6) is -1.84. The van der Waals surface area contributed by atoms with Crippen LogP contribution in [0.5, 0.6) is 0 Å². The average Bonchev–Trinajstić information content (AvgIpc) is 2.34. The van der Waals surface area contributed by atoms with Gasteiger partial charge in [0, 0.05) is 23.0 Å². The van der Waals surface area contributed by atoms with E-state index in [9.17, 15) is 17.6 Å². The third kappa shape index (κ3) is 2.96. The average molecular weight is 305 g/mol. The lowest BCUT2D eigenvalue weighted by Crippen LogP contribution is -2.01. The zero-order chi connectivity index (χ0) is 14.9. The van der Waals surface area contributed by atoms with Crippen LogP contribution < -0.4 is 11.1 Å². The highest BCUT2D eigenvalue weighted by molar-refractivity contribution is 6.33. The summed E-state index contributed by atoms with van der Waals surface area (Å²) in [6.45, 7) is 0. The van der Waals surface area contributed by atoms with Crippen molar-refractivity contribution in [3.8, 4) is 0 Å². The van der Waals surface area contributed by atoms with Gasteiger partial charge in [-0.25, -0.2) is 17.6 Å². The third-order valence-electron chi connectivity index (χ3n) is 2.58. The Bertz CT molecular complexity index is 623. The van der Waals surface area contributed by atoms with Gasteiger partial charge in [0.05, 0.1) is 10.7 Å². The van der Waals surface area contributed by atoms with E-state index in [1.807, 2.05) is 0 Å². The van der Waals surface area contributed by atoms with E-state index in [0.717, 1.165) is 12.1 Å². The van der Waals surface area contributed by atoms with E-state index >= 15 is 0 Å². The minimum absolute atomic E-state index is 0.0541. The normalized spacial score (nSPS) is 10.9. The van der Waals surface area contributed by atoms with Gasteiger partial charge >= 0.3 is 0 Å². The summed E-state index contributed by atoms with van der Waals surface area (Å²) in [4.78, 5) is 0. The lowest BCUT2D eigenvalue weighted by atomic mass is 10.1. The Labute approximate surface area is 117 Å². The molecule has 0 saturated heterocycles. The number of nitrogens with two attached hydrogens (primary N) is 1. The van der Waals surface area contributed by atoms with Gasteiger partial charge < -0.3 is 11.1 Å². The molecule has 0 aliphatic heterocycles. The van der Waals surface area contributed by atoms with Crippen molar-refractivity contribution in [1.29, 1.82) is 0 Å². The molecule has 106 valence electrons. The highest BCUT2D eigenvalue weighted by Crippen LogP contribution is 2.34. The quantitative estimate of drug-likeness (QED) is 0.626. The van der Waals surface area contributed by atoms with Crippen LogP contribution in [-0.2, 0) is 0 Å². The second-order valence-corrected chi connectivity index (χ2v) is 4.42. The van der Waals surface area contributed by atoms with Crippen LogP contribution in [0.2, 0.25) is 5.02 Å². The predicted molar refractivity (Wildman–Crippen MR) is 70.5 cm³/mol. The van der Waals surface area contributed by atoms with E-state index in [4.69, 9.17) is 17.3 Å². The number of anilines is 3. The summed E-state index contributed by atoms with van der Waals surface area (Å²) in [6.07, 6.45) is -2.80. The van der Waals surface area contributed by atoms with Crippen LogP contribution in [0, 0.1) is 11.6 Å². The molecule has 0 aromatic heterocycles. The van der Waals surface area contributed by atoms with Crippen LogP contribution in [-0.4, -0.2) is 0 Å². The number of nitrogen functional groups attached to an aromatic ring is 1. The fourth-order valence-electron chi connectivity index (χ4n) is 1.67. The number of rotatable bonds is 3. The summed E-state index contributed by atoms with van der Waals surface area (Å²) >= 11 is 5.69. The predicted octanol–water partition coefficient (Wildman–Crippen LogP) is 4.88. The van der Waals surface area contributed by atoms with Crippen molar-refractivity contribution < 1.29 is 17.6 Å². The van der Waals surface area contributed by atoms with Gasteiger partial charge in [0.25, 0.3) is 6.43 Å². The number of hydrogen-bond donors (Lipinski definition) is 2. The molecule has 0 fully saturated rings. The van der Waals surface area contributed by atoms with E-state index in [2.05, 4.69) is 5.32 Å². The molecule has 0 heterocycles. The molecular weight excluding hydrogens is 296 g/mol. The summed E-state index contributed by atoms with van der Waals surface area (Å²) in [6, 6.07) is 5.21. The number of alkyl halides is 2. The van der Waals surface area contributed by atoms with Gasteiger partial charge in [-0.1, -0.05) is 11.6 Å². The minimum atomic E-state index is -2.80. The van der Waals surface area contributed by atoms with Gasteiger partial charge in [-0.15, -0.1) is 0 Å². The van der Waals surface area contributed by atoms with Gasteiger partial charge in [-0.05, 0) is 24.3 Å². The molecule has 0 aliphatic rings. The maximum atomic E-state index is 13.6. The zero-order valence-electron chi connectivity index (χ0n) is 9.93. The van der Waals surface area contributed by atoms with Crippen molar-refractivity contribution in [2.45, 2.75) is 6.43 Å². The monoisotopic (exact) mass is 304 g/mol. The Morgan fingerprint density at radius 2 is 1.80 bits per heavy atom. The molecule has 0 spiro atoms. The van der Waals surface area contributed by atoms with Gasteiger partial charge in [0.2, 0.25) is 0 Å². The molecule has 2 aromatic carbocycles. The first kappa shape index (κ1) is 14.5. The maximum Gasteiger partial charge on any atom is 0.265 e. The summed E-state index contributed by atoms with van der Waals surface area (Å²) < 4.78 is 52.3. The molecule has 2 nitrogen and oxygen atoms in total. The molecule has 0 atom stereocenters. The van der Waals surface area contributed by atoms with Gasteiger partial charge in [-0.2, -0.15) is 0 Å². The summed E-state index contributed by atoms with van der Waals surface area (Å²) in [7, 11) is 0. The van der Waals surface area contributed by atoms with Crippen LogP contribution >= 0.6 is 11.6 Å². The molecule has 0 aliphatic carbocycles. The van der Waals surface area contributed by atoms with E-state index < -0.39 is 23.6 Å². The lowest BCUT2D eigenvalue weighted by molar-refractivity contribution is 0.152. The van der Waals surface area contributed by atoms with E-state index in [1.54, 1.807) is 0 Å². The number of benzene rings is 2. The van der Waals surface area contributed by atoms with Crippen molar-refractivity contribution in [2.24, 2.45) is 0 Å². The van der Waals surface area contributed by atoms with Crippen LogP contribution in [0.1, 0.15) is 12.0 Å². The molecule has 0 amide bonds. The first-order chi connectivity index (χ1) is 9.38. The topological polar surface area (TPSA) is 38.0 Å². The number of hydrogen-bond acceptors (Lipinski definition) is 2. The molecule has 20 heavy (non-hydrogen) atoms. The Hall–Kier alpha value is -1.95. The summed E-state index contributed by atoms with van der Waals surface area (Å²) in [5.41, 5.74) is 4.85. The molecule has 0 unspecified atom stereocenters. The van der Waals surface area contributed by atoms with Crippen molar-refractivity contribution in [2.75, 3.05) is 11.1 Å². The van der Waals surface area contributed by atoms with Crippen LogP contribution in [0.25, 0.3) is 0 Å². The number of halogens is 5. The van der Waals surface area contributed by atoms with Crippen molar-refractivity contribution >= 4 is 28.7 Å². The maximum absolute atomic E-state index is 13.6. The Balaban J connectivity index is 2.45. The lowest BCUT2D eigenvalue weighted by Gasteiger charge is -2.14. The SMILES string of the molecule is Nc1ccc(Nc2c(F)cc(F)cc2Cl)c(C(F)F)c1. The van der Waals surface area contributed by atoms with E-state index in [-0.39, 0.29) is 22.1 Å². The molecule has 2 aromatic rings. The minimum Gasteiger partial charge on any atom is -0.399 e. The number of nitrogens with one attached hydrogen (secondary N) is 1. The van der Waals surface area contributed by atoms with Gasteiger partial charge in [0.15, 0.2) is 5.82 Å². The molecular formula is C13H9ClF4N2. The molecule has 0 bridgehead atoms. The molecule has 3 N–H and O–H groups in total. The smallest absolute Gasteiger partial charge is 0.265 e. The second-order valence-electron chi connectivity index (χ2n) is 4.02. The van der Waals surface area contributed by atoms with Crippen molar-refractivity contribution in [1.82, 2.24) is 0 Å². The Morgan fingerprint density at radius 1 is 1.10 bits per heavy atom. The van der Waals surface area contributed by atoms with Gasteiger partial charge in [0.1, 0.15) is 5.82 Å². The Morgan fingerprint density at radius 3 is 2.40 bits per heavy atom. The second kappa shape index (κ2) is 5.58. The standard InChI is InChI=1S/C13H9ClF4N2/c14-9-3-6(15)4-10(16)12(9)20-11-2-1-7(19)5-8(11)13(17)18/h1-5,13,20H,19H2. The molecule has 2 rings (SSSR count). The zero-order valence-corrected chi connectivity index (χ0v) is 10.7. The van der Waals surface area contributed by atoms with Crippen LogP contribution in [0.15, 0.2) is 30.3 Å². The first-order valence-electron chi connectivity index (χ1n) is 5.47. The van der Waals surface area contributed by atoms with Crippen molar-refractivity contribution in [3.05, 3.63) is 52.6 Å². The van der Waals surface area contributed by atoms with Gasteiger partial charge in [-0.3, -0.25) is 0 Å². The highest BCUT2D eigenvalue weighted by atomic mass is 35.5. The van der Waals surface area contributed by atoms with E-state index in [0.29, 0.717) is 6.07 Å². The fourth-order valence-corrected chi connectivity index (χ4v) is 1.91. The van der Waals surface area contributed by atoms with Crippen LogP contribution in [0.3, 0.4) is 0 Å². The fraction of sp³-hybridized carbons (Fsp3) is 0.0769. The van der Waals surface area contributed by atoms with Crippen LogP contribution in [0.4, 0.5) is 34.6 Å². The Kier molecular flexibility index (Phi) is 4.04. The third-order valence-corrected chi connectivity index (χ3v) is 2.88. The first-order valence-corrected chi connectivity index (χ1v) is 5.85. The highest BCUT2D eigenvalue weighted by Gasteiger charge is 2.16. The summed E-state index contributed by atoms with van der Waals surface area (Å²) in [5, 5.41) is 2.19. The molecule has 7 heteroatoms. The molecule has 0 radical (unpaired) electrons.